The summed E-state index contributed by atoms with van der Waals surface area (Å²) in [6.07, 6.45) is 0.829. The molecule has 5 heteroatoms. The molecule has 1 atom stereocenters. The van der Waals surface area contributed by atoms with Crippen molar-refractivity contribution < 1.29 is 0 Å². The van der Waals surface area contributed by atoms with Crippen LogP contribution in [0.5, 0.6) is 0 Å². The monoisotopic (exact) mass is 441 g/mol. The highest BCUT2D eigenvalue weighted by Gasteiger charge is 2.11. The predicted molar refractivity (Wildman–Crippen MR) is 86.8 cm³/mol. The molecule has 0 saturated carbocycles. The van der Waals surface area contributed by atoms with Crippen molar-refractivity contribution in [2.75, 3.05) is 0 Å². The van der Waals surface area contributed by atoms with Gasteiger partial charge in [0, 0.05) is 25.4 Å². The molecule has 0 radical (unpaired) electrons. The first-order valence-corrected chi connectivity index (χ1v) is 8.13. The highest BCUT2D eigenvalue weighted by molar-refractivity contribution is 14.1. The Morgan fingerprint density at radius 1 is 1.41 bits per heavy atom. The molecule has 90 valence electrons. The SMILES string of the molecule is NC(Cc1sccc1Br)c1ccc(I)c(Cl)c1. The van der Waals surface area contributed by atoms with Gasteiger partial charge in [0.05, 0.1) is 5.02 Å². The molecular weight excluding hydrogens is 432 g/mol. The Kier molecular flexibility index (Phi) is 4.88. The van der Waals surface area contributed by atoms with Crippen molar-refractivity contribution >= 4 is 61.5 Å². The van der Waals surface area contributed by atoms with E-state index >= 15 is 0 Å². The maximum absolute atomic E-state index is 6.20. The number of hydrogen-bond acceptors (Lipinski definition) is 2. The summed E-state index contributed by atoms with van der Waals surface area (Å²) in [5, 5.41) is 2.83. The van der Waals surface area contributed by atoms with Gasteiger partial charge >= 0.3 is 0 Å². The summed E-state index contributed by atoms with van der Waals surface area (Å²) in [7, 11) is 0. The number of benzene rings is 1. The van der Waals surface area contributed by atoms with E-state index in [1.54, 1.807) is 11.3 Å². The smallest absolute Gasteiger partial charge is 0.0542 e. The summed E-state index contributed by atoms with van der Waals surface area (Å²) >= 11 is 13.6. The zero-order chi connectivity index (χ0) is 12.4. The van der Waals surface area contributed by atoms with Crippen LogP contribution >= 0.6 is 61.5 Å². The lowest BCUT2D eigenvalue weighted by Crippen LogP contribution is -2.12. The van der Waals surface area contributed by atoms with Crippen LogP contribution in [-0.4, -0.2) is 0 Å². The van der Waals surface area contributed by atoms with Gasteiger partial charge in [-0.1, -0.05) is 17.7 Å². The zero-order valence-electron chi connectivity index (χ0n) is 8.79. The predicted octanol–water partition coefficient (Wildman–Crippen LogP) is 5.01. The van der Waals surface area contributed by atoms with Crippen molar-refractivity contribution in [2.24, 2.45) is 5.73 Å². The Labute approximate surface area is 132 Å². The molecule has 2 N–H and O–H groups in total. The standard InChI is InChI=1S/C12H10BrClINS/c13-8-3-4-17-12(8)6-11(16)7-1-2-10(15)9(14)5-7/h1-5,11H,6,16H2. The maximum Gasteiger partial charge on any atom is 0.0542 e. The van der Waals surface area contributed by atoms with Crippen LogP contribution in [0.2, 0.25) is 5.02 Å². The molecule has 1 heterocycles. The number of thiophene rings is 1. The van der Waals surface area contributed by atoms with Gasteiger partial charge < -0.3 is 5.73 Å². The summed E-state index contributed by atoms with van der Waals surface area (Å²) in [4.78, 5) is 1.27. The molecule has 0 aliphatic rings. The van der Waals surface area contributed by atoms with Crippen LogP contribution in [0.15, 0.2) is 34.1 Å². The van der Waals surface area contributed by atoms with Gasteiger partial charge in [-0.2, -0.15) is 0 Å². The topological polar surface area (TPSA) is 26.0 Å². The fourth-order valence-electron chi connectivity index (χ4n) is 1.53. The molecule has 0 amide bonds. The molecule has 1 nitrogen and oxygen atoms in total. The lowest BCUT2D eigenvalue weighted by atomic mass is 10.0. The van der Waals surface area contributed by atoms with E-state index in [0.717, 1.165) is 25.0 Å². The van der Waals surface area contributed by atoms with Gasteiger partial charge in [-0.15, -0.1) is 11.3 Å². The molecule has 0 fully saturated rings. The summed E-state index contributed by atoms with van der Waals surface area (Å²) in [6, 6.07) is 8.03. The minimum absolute atomic E-state index is 0.0144. The number of halogens is 3. The third-order valence-corrected chi connectivity index (χ3v) is 5.99. The second-order valence-electron chi connectivity index (χ2n) is 3.68. The first-order chi connectivity index (χ1) is 8.08. The van der Waals surface area contributed by atoms with Crippen LogP contribution in [0.3, 0.4) is 0 Å². The Morgan fingerprint density at radius 2 is 2.18 bits per heavy atom. The molecule has 0 aliphatic heterocycles. The molecule has 1 aromatic carbocycles. The fraction of sp³-hybridized carbons (Fsp3) is 0.167. The molecule has 1 aromatic heterocycles. The van der Waals surface area contributed by atoms with E-state index in [1.165, 1.54) is 4.88 Å². The third kappa shape index (κ3) is 3.44. The lowest BCUT2D eigenvalue weighted by Gasteiger charge is -2.12. The Bertz CT molecular complexity index is 529. The van der Waals surface area contributed by atoms with Crippen molar-refractivity contribution in [1.82, 2.24) is 0 Å². The van der Waals surface area contributed by atoms with Crippen LogP contribution in [-0.2, 0) is 6.42 Å². The Balaban J connectivity index is 2.17. The van der Waals surface area contributed by atoms with E-state index in [2.05, 4.69) is 43.9 Å². The minimum Gasteiger partial charge on any atom is -0.324 e. The normalized spacial score (nSPS) is 12.7. The highest BCUT2D eigenvalue weighted by atomic mass is 127. The van der Waals surface area contributed by atoms with E-state index < -0.39 is 0 Å². The zero-order valence-corrected chi connectivity index (χ0v) is 14.1. The lowest BCUT2D eigenvalue weighted by molar-refractivity contribution is 0.728. The van der Waals surface area contributed by atoms with E-state index in [4.69, 9.17) is 17.3 Å². The molecule has 1 unspecified atom stereocenters. The van der Waals surface area contributed by atoms with Gasteiger partial charge in [0.2, 0.25) is 0 Å². The van der Waals surface area contributed by atoms with Gasteiger partial charge in [0.25, 0.3) is 0 Å². The molecule has 0 aliphatic carbocycles. The average Bonchev–Trinajstić information content (AvgIpc) is 2.68. The average molecular weight is 443 g/mol. The van der Waals surface area contributed by atoms with Crippen molar-refractivity contribution in [3.05, 3.63) is 53.2 Å². The molecule has 0 saturated heterocycles. The molecule has 17 heavy (non-hydrogen) atoms. The van der Waals surface area contributed by atoms with E-state index in [1.807, 2.05) is 24.3 Å². The van der Waals surface area contributed by atoms with Gasteiger partial charge in [-0.3, -0.25) is 0 Å². The Morgan fingerprint density at radius 3 is 2.76 bits per heavy atom. The van der Waals surface area contributed by atoms with Gasteiger partial charge in [-0.05, 0) is 67.7 Å². The third-order valence-electron chi connectivity index (χ3n) is 2.47. The summed E-state index contributed by atoms with van der Waals surface area (Å²) in [5.41, 5.74) is 7.28. The van der Waals surface area contributed by atoms with Gasteiger partial charge in [0.15, 0.2) is 0 Å². The van der Waals surface area contributed by atoms with Crippen molar-refractivity contribution in [1.29, 1.82) is 0 Å². The summed E-state index contributed by atoms with van der Waals surface area (Å²) < 4.78 is 2.19. The van der Waals surface area contributed by atoms with Crippen LogP contribution < -0.4 is 5.73 Å². The highest BCUT2D eigenvalue weighted by Crippen LogP contribution is 2.29. The Hall–Kier alpha value is 0.380. The summed E-state index contributed by atoms with van der Waals surface area (Å²) in [5.74, 6) is 0. The van der Waals surface area contributed by atoms with E-state index in [0.29, 0.717) is 0 Å². The minimum atomic E-state index is -0.0144. The molecule has 2 aromatic rings. The van der Waals surface area contributed by atoms with Crippen LogP contribution in [0.25, 0.3) is 0 Å². The first-order valence-electron chi connectivity index (χ1n) is 5.00. The fourth-order valence-corrected chi connectivity index (χ4v) is 3.63. The van der Waals surface area contributed by atoms with Crippen LogP contribution in [0.1, 0.15) is 16.5 Å². The quantitative estimate of drug-likeness (QED) is 0.665. The maximum atomic E-state index is 6.20. The van der Waals surface area contributed by atoms with E-state index in [-0.39, 0.29) is 6.04 Å². The van der Waals surface area contributed by atoms with Gasteiger partial charge in [0.1, 0.15) is 0 Å². The van der Waals surface area contributed by atoms with Crippen molar-refractivity contribution in [3.8, 4) is 0 Å². The largest absolute Gasteiger partial charge is 0.324 e. The molecule has 0 bridgehead atoms. The van der Waals surface area contributed by atoms with Crippen LogP contribution in [0, 0.1) is 3.57 Å². The number of rotatable bonds is 3. The number of hydrogen-bond donors (Lipinski definition) is 1. The second-order valence-corrected chi connectivity index (χ2v) is 7.10. The van der Waals surface area contributed by atoms with Crippen molar-refractivity contribution in [3.63, 3.8) is 0 Å². The number of nitrogens with two attached hydrogens (primary N) is 1. The van der Waals surface area contributed by atoms with Gasteiger partial charge in [-0.25, -0.2) is 0 Å². The molecule has 2 rings (SSSR count). The summed E-state index contributed by atoms with van der Waals surface area (Å²) in [6.45, 7) is 0. The molecular formula is C12H10BrClINS. The van der Waals surface area contributed by atoms with E-state index in [9.17, 15) is 0 Å². The molecule has 0 spiro atoms. The van der Waals surface area contributed by atoms with Crippen LogP contribution in [0.4, 0.5) is 0 Å². The van der Waals surface area contributed by atoms with Crippen molar-refractivity contribution in [2.45, 2.75) is 12.5 Å². The first kappa shape index (κ1) is 13.8. The second kappa shape index (κ2) is 6.02.